The van der Waals surface area contributed by atoms with E-state index in [0.717, 1.165) is 16.7 Å². The summed E-state index contributed by atoms with van der Waals surface area (Å²) in [6, 6.07) is 4.87. The van der Waals surface area contributed by atoms with E-state index in [1.165, 1.54) is 21.1 Å². The number of amides is 2. The van der Waals surface area contributed by atoms with E-state index in [4.69, 9.17) is 14.2 Å². The average molecular weight is 351 g/mol. The van der Waals surface area contributed by atoms with Gasteiger partial charge in [-0.2, -0.15) is 0 Å². The normalized spacial score (nSPS) is 16.0. The van der Waals surface area contributed by atoms with Gasteiger partial charge in [0.2, 0.25) is 0 Å². The van der Waals surface area contributed by atoms with Crippen LogP contribution in [0.2, 0.25) is 0 Å². The number of methoxy groups -OCH3 is 2. The fourth-order valence-electron chi connectivity index (χ4n) is 2.04. The van der Waals surface area contributed by atoms with Gasteiger partial charge in [0.15, 0.2) is 11.5 Å². The molecule has 1 saturated heterocycles. The SMILES string of the molecule is COCCN1C(=O)S/C(=C\c2ccc(OC(C)=O)c(OC)c2)C1=O. The second-order valence-corrected chi connectivity index (χ2v) is 5.82. The molecule has 1 heterocycles. The topological polar surface area (TPSA) is 82.1 Å². The minimum Gasteiger partial charge on any atom is -0.493 e. The van der Waals surface area contributed by atoms with Crippen LogP contribution in [-0.4, -0.2) is 49.4 Å². The molecule has 0 unspecified atom stereocenters. The molecule has 0 saturated carbocycles. The molecule has 24 heavy (non-hydrogen) atoms. The van der Waals surface area contributed by atoms with Gasteiger partial charge in [-0.15, -0.1) is 0 Å². The molecule has 0 aromatic heterocycles. The van der Waals surface area contributed by atoms with Crippen molar-refractivity contribution in [3.8, 4) is 11.5 Å². The predicted octanol–water partition coefficient (Wildman–Crippen LogP) is 2.30. The van der Waals surface area contributed by atoms with Gasteiger partial charge >= 0.3 is 5.97 Å². The van der Waals surface area contributed by atoms with E-state index in [1.807, 2.05) is 0 Å². The molecule has 0 atom stereocenters. The molecular weight excluding hydrogens is 334 g/mol. The number of hydrogen-bond acceptors (Lipinski definition) is 7. The highest BCUT2D eigenvalue weighted by Crippen LogP contribution is 2.34. The molecule has 0 spiro atoms. The Morgan fingerprint density at radius 3 is 2.62 bits per heavy atom. The van der Waals surface area contributed by atoms with E-state index in [9.17, 15) is 14.4 Å². The molecule has 0 N–H and O–H groups in total. The molecule has 0 aliphatic carbocycles. The Kier molecular flexibility index (Phi) is 5.99. The van der Waals surface area contributed by atoms with Crippen LogP contribution in [0.3, 0.4) is 0 Å². The van der Waals surface area contributed by atoms with Crippen molar-refractivity contribution in [1.29, 1.82) is 0 Å². The minimum atomic E-state index is -0.458. The molecule has 1 aromatic rings. The molecule has 0 radical (unpaired) electrons. The molecule has 128 valence electrons. The Morgan fingerprint density at radius 2 is 2.00 bits per heavy atom. The number of thioether (sulfide) groups is 1. The molecule has 0 bridgehead atoms. The fourth-order valence-corrected chi connectivity index (χ4v) is 2.90. The van der Waals surface area contributed by atoms with Crippen LogP contribution < -0.4 is 9.47 Å². The average Bonchev–Trinajstić information content (AvgIpc) is 2.80. The summed E-state index contributed by atoms with van der Waals surface area (Å²) < 4.78 is 15.1. The number of carbonyl (C=O) groups excluding carboxylic acids is 3. The van der Waals surface area contributed by atoms with Gasteiger partial charge in [0.05, 0.1) is 25.2 Å². The van der Waals surface area contributed by atoms with Crippen molar-refractivity contribution in [3.63, 3.8) is 0 Å². The number of imide groups is 1. The zero-order valence-electron chi connectivity index (χ0n) is 13.5. The second-order valence-electron chi connectivity index (χ2n) is 4.83. The van der Waals surface area contributed by atoms with Crippen molar-refractivity contribution in [1.82, 2.24) is 4.90 Å². The third-order valence-corrected chi connectivity index (χ3v) is 4.04. The van der Waals surface area contributed by atoms with Gasteiger partial charge in [-0.1, -0.05) is 6.07 Å². The van der Waals surface area contributed by atoms with E-state index >= 15 is 0 Å². The van der Waals surface area contributed by atoms with E-state index in [2.05, 4.69) is 0 Å². The summed E-state index contributed by atoms with van der Waals surface area (Å²) in [5.41, 5.74) is 0.653. The van der Waals surface area contributed by atoms with Crippen molar-refractivity contribution in [2.45, 2.75) is 6.92 Å². The van der Waals surface area contributed by atoms with E-state index < -0.39 is 5.97 Å². The standard InChI is InChI=1S/C16H17NO6S/c1-10(18)23-12-5-4-11(8-13(12)22-3)9-14-15(19)17(6-7-21-2)16(20)24-14/h4-5,8-9H,6-7H2,1-3H3/b14-9-. The first-order valence-corrected chi connectivity index (χ1v) is 7.88. The Morgan fingerprint density at radius 1 is 1.25 bits per heavy atom. The van der Waals surface area contributed by atoms with Crippen LogP contribution in [0, 0.1) is 0 Å². The number of benzene rings is 1. The van der Waals surface area contributed by atoms with Crippen LogP contribution >= 0.6 is 11.8 Å². The number of esters is 1. The third-order valence-electron chi connectivity index (χ3n) is 3.13. The van der Waals surface area contributed by atoms with Gasteiger partial charge in [-0.3, -0.25) is 19.3 Å². The highest BCUT2D eigenvalue weighted by atomic mass is 32.2. The molecule has 1 fully saturated rings. The van der Waals surface area contributed by atoms with Crippen LogP contribution in [0.1, 0.15) is 12.5 Å². The summed E-state index contributed by atoms with van der Waals surface area (Å²) in [5.74, 6) is -0.168. The van der Waals surface area contributed by atoms with Crippen LogP contribution in [0.25, 0.3) is 6.08 Å². The highest BCUT2D eigenvalue weighted by molar-refractivity contribution is 8.18. The zero-order chi connectivity index (χ0) is 17.7. The monoisotopic (exact) mass is 351 g/mol. The lowest BCUT2D eigenvalue weighted by molar-refractivity contribution is -0.132. The van der Waals surface area contributed by atoms with Gasteiger partial charge < -0.3 is 14.2 Å². The van der Waals surface area contributed by atoms with Crippen LogP contribution in [0.5, 0.6) is 11.5 Å². The molecule has 1 aliphatic heterocycles. The maximum Gasteiger partial charge on any atom is 0.308 e. The first kappa shape index (κ1) is 18.0. The van der Waals surface area contributed by atoms with Crippen LogP contribution in [-0.2, 0) is 14.3 Å². The smallest absolute Gasteiger partial charge is 0.308 e. The van der Waals surface area contributed by atoms with Gasteiger partial charge in [0.1, 0.15) is 0 Å². The number of carbonyl (C=O) groups is 3. The maximum absolute atomic E-state index is 12.3. The lowest BCUT2D eigenvalue weighted by Crippen LogP contribution is -2.31. The summed E-state index contributed by atoms with van der Waals surface area (Å²) in [4.78, 5) is 36.6. The first-order chi connectivity index (χ1) is 11.5. The van der Waals surface area contributed by atoms with E-state index in [-0.39, 0.29) is 30.0 Å². The van der Waals surface area contributed by atoms with Crippen molar-refractivity contribution in [2.75, 3.05) is 27.4 Å². The Hall–Kier alpha value is -2.32. The Balaban J connectivity index is 2.23. The summed E-state index contributed by atoms with van der Waals surface area (Å²) >= 11 is 0.872. The first-order valence-electron chi connectivity index (χ1n) is 7.07. The predicted molar refractivity (Wildman–Crippen MR) is 88.9 cm³/mol. The Labute approximate surface area is 143 Å². The molecular formula is C16H17NO6S. The van der Waals surface area contributed by atoms with Crippen LogP contribution in [0.15, 0.2) is 23.1 Å². The maximum atomic E-state index is 12.3. The van der Waals surface area contributed by atoms with Gasteiger partial charge in [-0.05, 0) is 35.5 Å². The number of ether oxygens (including phenoxy) is 3. The largest absolute Gasteiger partial charge is 0.493 e. The summed E-state index contributed by atoms with van der Waals surface area (Å²) in [6.45, 7) is 1.80. The molecule has 7 nitrogen and oxygen atoms in total. The lowest BCUT2D eigenvalue weighted by atomic mass is 10.2. The van der Waals surface area contributed by atoms with Gasteiger partial charge in [-0.25, -0.2) is 0 Å². The molecule has 1 aliphatic rings. The van der Waals surface area contributed by atoms with Crippen molar-refractivity contribution in [3.05, 3.63) is 28.7 Å². The van der Waals surface area contributed by atoms with Crippen LogP contribution in [0.4, 0.5) is 4.79 Å². The van der Waals surface area contributed by atoms with Crippen molar-refractivity contribution < 1.29 is 28.6 Å². The summed E-state index contributed by atoms with van der Waals surface area (Å²) in [5, 5.41) is -0.327. The van der Waals surface area contributed by atoms with E-state index in [1.54, 1.807) is 24.3 Å². The minimum absolute atomic E-state index is 0.215. The van der Waals surface area contributed by atoms with Gasteiger partial charge in [0, 0.05) is 14.0 Å². The van der Waals surface area contributed by atoms with Crippen molar-refractivity contribution in [2.24, 2.45) is 0 Å². The van der Waals surface area contributed by atoms with E-state index in [0.29, 0.717) is 16.2 Å². The molecule has 1 aromatic carbocycles. The quantitative estimate of drug-likeness (QED) is 0.442. The summed E-state index contributed by atoms with van der Waals surface area (Å²) in [6.07, 6.45) is 1.60. The number of rotatable bonds is 6. The number of hydrogen-bond donors (Lipinski definition) is 0. The van der Waals surface area contributed by atoms with Crippen molar-refractivity contribution >= 4 is 35.0 Å². The zero-order valence-corrected chi connectivity index (χ0v) is 14.3. The highest BCUT2D eigenvalue weighted by Gasteiger charge is 2.34. The fraction of sp³-hybridized carbons (Fsp3) is 0.312. The molecule has 8 heteroatoms. The third kappa shape index (κ3) is 4.15. The lowest BCUT2D eigenvalue weighted by Gasteiger charge is -2.11. The molecule has 2 rings (SSSR count). The summed E-state index contributed by atoms with van der Waals surface area (Å²) in [7, 11) is 2.95. The number of nitrogens with zero attached hydrogens (tertiary/aromatic N) is 1. The molecule has 2 amide bonds. The second kappa shape index (κ2) is 7.98. The van der Waals surface area contributed by atoms with Gasteiger partial charge in [0.25, 0.3) is 11.1 Å². The Bertz CT molecular complexity index is 700.